The first-order chi connectivity index (χ1) is 12.9. The molecule has 1 fully saturated rings. The SMILES string of the molecule is COc1ccc(N2CCN(S(=O)(=O)c3cc(C)c(C)cc3OC)CC2)cc1. The molecule has 0 N–H and O–H groups in total. The first-order valence-electron chi connectivity index (χ1n) is 8.91. The maximum absolute atomic E-state index is 13.2. The fraction of sp³-hybridized carbons (Fsp3) is 0.400. The van der Waals surface area contributed by atoms with Crippen LogP contribution in [0.1, 0.15) is 11.1 Å². The summed E-state index contributed by atoms with van der Waals surface area (Å²) in [6, 6.07) is 11.3. The third kappa shape index (κ3) is 3.89. The van der Waals surface area contributed by atoms with E-state index < -0.39 is 10.0 Å². The van der Waals surface area contributed by atoms with E-state index in [0.29, 0.717) is 31.9 Å². The average Bonchev–Trinajstić information content (AvgIpc) is 2.69. The number of piperazine rings is 1. The van der Waals surface area contributed by atoms with Gasteiger partial charge in [0.15, 0.2) is 0 Å². The van der Waals surface area contributed by atoms with Gasteiger partial charge in [0.2, 0.25) is 10.0 Å². The van der Waals surface area contributed by atoms with Crippen LogP contribution in [0.5, 0.6) is 11.5 Å². The van der Waals surface area contributed by atoms with E-state index in [4.69, 9.17) is 9.47 Å². The van der Waals surface area contributed by atoms with Gasteiger partial charge in [0.1, 0.15) is 16.4 Å². The molecule has 2 aromatic rings. The Morgan fingerprint density at radius 3 is 2.00 bits per heavy atom. The second kappa shape index (κ2) is 7.78. The summed E-state index contributed by atoms with van der Waals surface area (Å²) in [4.78, 5) is 2.43. The van der Waals surface area contributed by atoms with Gasteiger partial charge in [-0.25, -0.2) is 8.42 Å². The highest BCUT2D eigenvalue weighted by Gasteiger charge is 2.31. The molecule has 0 saturated carbocycles. The van der Waals surface area contributed by atoms with E-state index in [0.717, 1.165) is 22.6 Å². The van der Waals surface area contributed by atoms with Gasteiger partial charge in [-0.15, -0.1) is 0 Å². The summed E-state index contributed by atoms with van der Waals surface area (Å²) in [7, 11) is -0.455. The Balaban J connectivity index is 1.77. The van der Waals surface area contributed by atoms with Gasteiger partial charge in [-0.1, -0.05) is 0 Å². The van der Waals surface area contributed by atoms with E-state index in [1.807, 2.05) is 38.1 Å². The maximum Gasteiger partial charge on any atom is 0.246 e. The van der Waals surface area contributed by atoms with Crippen LogP contribution in [0, 0.1) is 13.8 Å². The summed E-state index contributed by atoms with van der Waals surface area (Å²) < 4.78 is 38.4. The molecule has 1 saturated heterocycles. The molecule has 0 radical (unpaired) electrons. The first-order valence-corrected chi connectivity index (χ1v) is 10.3. The highest BCUT2D eigenvalue weighted by atomic mass is 32.2. The van der Waals surface area contributed by atoms with Crippen LogP contribution in [-0.4, -0.2) is 53.1 Å². The summed E-state index contributed by atoms with van der Waals surface area (Å²) >= 11 is 0. The van der Waals surface area contributed by atoms with E-state index in [1.54, 1.807) is 23.5 Å². The van der Waals surface area contributed by atoms with Crippen molar-refractivity contribution < 1.29 is 17.9 Å². The number of hydrogen-bond donors (Lipinski definition) is 0. The summed E-state index contributed by atoms with van der Waals surface area (Å²) in [5.41, 5.74) is 3.01. The average molecular weight is 391 g/mol. The lowest BCUT2D eigenvalue weighted by atomic mass is 10.1. The Morgan fingerprint density at radius 1 is 0.852 bits per heavy atom. The summed E-state index contributed by atoms with van der Waals surface area (Å²) in [5, 5.41) is 0. The zero-order chi connectivity index (χ0) is 19.6. The van der Waals surface area contributed by atoms with Crippen molar-refractivity contribution in [2.75, 3.05) is 45.3 Å². The lowest BCUT2D eigenvalue weighted by molar-refractivity contribution is 0.374. The summed E-state index contributed by atoms with van der Waals surface area (Å²) in [6.07, 6.45) is 0. The zero-order valence-electron chi connectivity index (χ0n) is 16.2. The molecule has 6 nitrogen and oxygen atoms in total. The molecule has 0 unspecified atom stereocenters. The van der Waals surface area contributed by atoms with Crippen LogP contribution < -0.4 is 14.4 Å². The van der Waals surface area contributed by atoms with Crippen LogP contribution in [0.15, 0.2) is 41.3 Å². The van der Waals surface area contributed by atoms with Gasteiger partial charge in [0.05, 0.1) is 14.2 Å². The quantitative estimate of drug-likeness (QED) is 0.786. The minimum Gasteiger partial charge on any atom is -0.497 e. The van der Waals surface area contributed by atoms with E-state index in [9.17, 15) is 8.42 Å². The van der Waals surface area contributed by atoms with Gasteiger partial charge in [0, 0.05) is 31.9 Å². The molecule has 0 amide bonds. The number of sulfonamides is 1. The third-order valence-corrected chi connectivity index (χ3v) is 6.99. The third-order valence-electron chi connectivity index (χ3n) is 5.07. The minimum atomic E-state index is -3.60. The fourth-order valence-corrected chi connectivity index (χ4v) is 4.89. The van der Waals surface area contributed by atoms with Crippen molar-refractivity contribution in [2.45, 2.75) is 18.7 Å². The van der Waals surface area contributed by atoms with Gasteiger partial charge in [0.25, 0.3) is 0 Å². The van der Waals surface area contributed by atoms with Crippen molar-refractivity contribution in [1.82, 2.24) is 4.31 Å². The highest BCUT2D eigenvalue weighted by molar-refractivity contribution is 7.89. The summed E-state index contributed by atoms with van der Waals surface area (Å²) in [6.45, 7) is 6.00. The molecule has 1 aliphatic heterocycles. The number of hydrogen-bond acceptors (Lipinski definition) is 5. The standard InChI is InChI=1S/C20H26N2O4S/c1-15-13-19(26-4)20(14-16(15)2)27(23,24)22-11-9-21(10-12-22)17-5-7-18(25-3)8-6-17/h5-8,13-14H,9-12H2,1-4H3. The molecule has 0 spiro atoms. The number of aryl methyl sites for hydroxylation is 2. The number of methoxy groups -OCH3 is 2. The smallest absolute Gasteiger partial charge is 0.246 e. The number of nitrogens with zero attached hydrogens (tertiary/aromatic N) is 2. The predicted molar refractivity (Wildman–Crippen MR) is 106 cm³/mol. The van der Waals surface area contributed by atoms with Crippen LogP contribution >= 0.6 is 0 Å². The molecule has 1 aliphatic rings. The van der Waals surface area contributed by atoms with Crippen LogP contribution in [0.25, 0.3) is 0 Å². The van der Waals surface area contributed by atoms with Crippen molar-refractivity contribution in [2.24, 2.45) is 0 Å². The molecule has 146 valence electrons. The molecule has 1 heterocycles. The molecule has 0 atom stereocenters. The van der Waals surface area contributed by atoms with Crippen LogP contribution in [0.4, 0.5) is 5.69 Å². The molecule has 2 aromatic carbocycles. The first kappa shape index (κ1) is 19.5. The van der Waals surface area contributed by atoms with Crippen molar-refractivity contribution >= 4 is 15.7 Å². The Morgan fingerprint density at radius 2 is 1.44 bits per heavy atom. The fourth-order valence-electron chi connectivity index (χ4n) is 3.24. The normalized spacial score (nSPS) is 15.6. The van der Waals surface area contributed by atoms with Crippen molar-refractivity contribution in [3.8, 4) is 11.5 Å². The van der Waals surface area contributed by atoms with E-state index in [-0.39, 0.29) is 4.90 Å². The maximum atomic E-state index is 13.2. The van der Waals surface area contributed by atoms with Gasteiger partial charge in [-0.05, 0) is 61.4 Å². The van der Waals surface area contributed by atoms with Gasteiger partial charge < -0.3 is 14.4 Å². The van der Waals surface area contributed by atoms with Crippen molar-refractivity contribution in [3.05, 3.63) is 47.5 Å². The lowest BCUT2D eigenvalue weighted by Crippen LogP contribution is -2.48. The second-order valence-electron chi connectivity index (χ2n) is 6.68. The largest absolute Gasteiger partial charge is 0.497 e. The van der Waals surface area contributed by atoms with E-state index in [1.165, 1.54) is 7.11 Å². The van der Waals surface area contributed by atoms with Gasteiger partial charge in [-0.2, -0.15) is 4.31 Å². The molecule has 27 heavy (non-hydrogen) atoms. The lowest BCUT2D eigenvalue weighted by Gasteiger charge is -2.35. The Bertz CT molecular complexity index is 902. The van der Waals surface area contributed by atoms with Gasteiger partial charge >= 0.3 is 0 Å². The molecule has 0 aliphatic carbocycles. The monoisotopic (exact) mass is 390 g/mol. The molecule has 7 heteroatoms. The summed E-state index contributed by atoms with van der Waals surface area (Å²) in [5.74, 6) is 1.21. The Labute approximate surface area is 161 Å². The van der Waals surface area contributed by atoms with E-state index in [2.05, 4.69) is 4.90 Å². The predicted octanol–water partition coefficient (Wildman–Crippen LogP) is 2.83. The topological polar surface area (TPSA) is 59.1 Å². The molecule has 3 rings (SSSR count). The number of ether oxygens (including phenoxy) is 2. The zero-order valence-corrected chi connectivity index (χ0v) is 17.0. The van der Waals surface area contributed by atoms with Crippen molar-refractivity contribution in [1.29, 1.82) is 0 Å². The minimum absolute atomic E-state index is 0.242. The van der Waals surface area contributed by atoms with Gasteiger partial charge in [-0.3, -0.25) is 0 Å². The van der Waals surface area contributed by atoms with Crippen LogP contribution in [0.3, 0.4) is 0 Å². The molecule has 0 aromatic heterocycles. The van der Waals surface area contributed by atoms with Crippen LogP contribution in [0.2, 0.25) is 0 Å². The number of anilines is 1. The van der Waals surface area contributed by atoms with E-state index >= 15 is 0 Å². The molecule has 0 bridgehead atoms. The van der Waals surface area contributed by atoms with Crippen molar-refractivity contribution in [3.63, 3.8) is 0 Å². The Kier molecular flexibility index (Phi) is 5.62. The second-order valence-corrected chi connectivity index (χ2v) is 8.58. The molecular formula is C20H26N2O4S. The molecular weight excluding hydrogens is 364 g/mol. The number of benzene rings is 2. The number of rotatable bonds is 5. The highest BCUT2D eigenvalue weighted by Crippen LogP contribution is 2.31. The van der Waals surface area contributed by atoms with Crippen LogP contribution in [-0.2, 0) is 10.0 Å². The Hall–Kier alpha value is -2.25.